The summed E-state index contributed by atoms with van der Waals surface area (Å²) in [6, 6.07) is 21.7. The van der Waals surface area contributed by atoms with E-state index in [0.29, 0.717) is 34.3 Å². The first-order valence-electron chi connectivity index (χ1n) is 10.4. The zero-order valence-corrected chi connectivity index (χ0v) is 17.7. The number of para-hydroxylation sites is 1. The van der Waals surface area contributed by atoms with Gasteiger partial charge in [-0.2, -0.15) is 10.2 Å². The van der Waals surface area contributed by atoms with Crippen LogP contribution >= 0.6 is 0 Å². The first-order chi connectivity index (χ1) is 16.1. The lowest BCUT2D eigenvalue weighted by Crippen LogP contribution is -2.31. The second-order valence-corrected chi connectivity index (χ2v) is 7.57. The molecule has 33 heavy (non-hydrogen) atoms. The number of benzene rings is 2. The summed E-state index contributed by atoms with van der Waals surface area (Å²) < 4.78 is 1.70. The summed E-state index contributed by atoms with van der Waals surface area (Å²) in [6.45, 7) is 1.85. The Bertz CT molecular complexity index is 1380. The molecule has 1 atom stereocenters. The minimum atomic E-state index is -0.532. The summed E-state index contributed by atoms with van der Waals surface area (Å²) in [7, 11) is 0. The summed E-state index contributed by atoms with van der Waals surface area (Å²) in [6.07, 6.45) is 3.39. The Balaban J connectivity index is 1.61. The monoisotopic (exact) mass is 433 g/mol. The van der Waals surface area contributed by atoms with E-state index in [0.717, 1.165) is 11.1 Å². The van der Waals surface area contributed by atoms with Crippen LogP contribution in [0.3, 0.4) is 0 Å². The van der Waals surface area contributed by atoms with Crippen LogP contribution in [-0.2, 0) is 4.79 Å². The summed E-state index contributed by atoms with van der Waals surface area (Å²) in [4.78, 5) is 22.2. The number of fused-ring (bicyclic) bond motifs is 1. The van der Waals surface area contributed by atoms with Gasteiger partial charge in [-0.3, -0.25) is 9.78 Å². The molecule has 0 saturated heterocycles. The molecular weight excluding hydrogens is 414 g/mol. The topological polar surface area (TPSA) is 109 Å². The van der Waals surface area contributed by atoms with Gasteiger partial charge in [-0.25, -0.2) is 4.68 Å². The van der Waals surface area contributed by atoms with Crippen molar-refractivity contribution in [3.05, 3.63) is 102 Å². The van der Waals surface area contributed by atoms with Crippen molar-refractivity contribution in [2.24, 2.45) is 0 Å². The quantitative estimate of drug-likeness (QED) is 0.501. The average molecular weight is 433 g/mol. The number of anilines is 2. The average Bonchev–Trinajstić information content (AvgIpc) is 3.28. The van der Waals surface area contributed by atoms with E-state index in [1.165, 1.54) is 0 Å². The Morgan fingerprint density at radius 3 is 2.58 bits per heavy atom. The van der Waals surface area contributed by atoms with Gasteiger partial charge < -0.3 is 10.6 Å². The van der Waals surface area contributed by atoms with Crippen molar-refractivity contribution in [1.82, 2.24) is 19.7 Å². The second-order valence-electron chi connectivity index (χ2n) is 7.57. The van der Waals surface area contributed by atoms with Crippen LogP contribution < -0.4 is 10.6 Å². The van der Waals surface area contributed by atoms with Gasteiger partial charge in [-0.15, -0.1) is 5.10 Å². The van der Waals surface area contributed by atoms with Gasteiger partial charge in [-0.05, 0) is 48.9 Å². The molecule has 8 nitrogen and oxygen atoms in total. The molecule has 1 aliphatic heterocycles. The predicted octanol–water partition coefficient (Wildman–Crippen LogP) is 4.14. The molecule has 1 amide bonds. The highest BCUT2D eigenvalue weighted by molar-refractivity contribution is 6.06. The minimum Gasteiger partial charge on any atom is -0.328 e. The van der Waals surface area contributed by atoms with Crippen LogP contribution in [0.4, 0.5) is 11.6 Å². The van der Waals surface area contributed by atoms with E-state index in [2.05, 4.69) is 26.7 Å². The van der Waals surface area contributed by atoms with E-state index in [9.17, 15) is 10.1 Å². The van der Waals surface area contributed by atoms with Crippen molar-refractivity contribution >= 4 is 17.5 Å². The lowest BCUT2D eigenvalue weighted by Gasteiger charge is -2.28. The lowest BCUT2D eigenvalue weighted by atomic mass is 9.94. The third-order valence-electron chi connectivity index (χ3n) is 5.40. The predicted molar refractivity (Wildman–Crippen MR) is 124 cm³/mol. The number of rotatable bonds is 4. The molecule has 0 fully saturated rings. The fourth-order valence-electron chi connectivity index (χ4n) is 3.83. The van der Waals surface area contributed by atoms with Crippen LogP contribution in [0.25, 0.3) is 11.4 Å². The number of nitriles is 1. The number of hydrogen-bond acceptors (Lipinski definition) is 6. The van der Waals surface area contributed by atoms with Crippen LogP contribution in [0.2, 0.25) is 0 Å². The van der Waals surface area contributed by atoms with Gasteiger partial charge in [0.25, 0.3) is 5.91 Å². The maximum Gasteiger partial charge on any atom is 0.255 e. The number of aromatic nitrogens is 4. The van der Waals surface area contributed by atoms with Gasteiger partial charge in [0.15, 0.2) is 5.82 Å². The van der Waals surface area contributed by atoms with Crippen LogP contribution in [-0.4, -0.2) is 25.7 Å². The fourth-order valence-corrected chi connectivity index (χ4v) is 3.83. The SMILES string of the molecule is CC1=C(C(=O)Nc2ccccc2)C(c2ccc(C#N)cc2)n2nc(-c3cccnc3)nc2N1. The molecule has 0 radical (unpaired) electrons. The minimum absolute atomic E-state index is 0.246. The van der Waals surface area contributed by atoms with Gasteiger partial charge in [0.1, 0.15) is 6.04 Å². The smallest absolute Gasteiger partial charge is 0.255 e. The van der Waals surface area contributed by atoms with Crippen LogP contribution in [0.15, 0.2) is 90.4 Å². The molecule has 0 aliphatic carbocycles. The molecule has 2 aromatic heterocycles. The number of hydrogen-bond donors (Lipinski definition) is 2. The number of carbonyl (C=O) groups excluding carboxylic acids is 1. The number of nitrogens with one attached hydrogen (secondary N) is 2. The standard InChI is InChI=1S/C25H19N7O/c1-16-21(24(33)29-20-7-3-2-4-8-20)22(18-11-9-17(14-26)10-12-18)32-25(28-16)30-23(31-32)19-6-5-13-27-15-19/h2-13,15,22H,1H3,(H,29,33)(H,28,30,31). The van der Waals surface area contributed by atoms with Crippen molar-refractivity contribution in [3.63, 3.8) is 0 Å². The Labute approximate surface area is 190 Å². The number of carbonyl (C=O) groups is 1. The highest BCUT2D eigenvalue weighted by Gasteiger charge is 2.34. The van der Waals surface area contributed by atoms with Crippen molar-refractivity contribution < 1.29 is 4.79 Å². The molecule has 1 unspecified atom stereocenters. The fraction of sp³-hybridized carbons (Fsp3) is 0.0800. The van der Waals surface area contributed by atoms with E-state index in [-0.39, 0.29) is 5.91 Å². The molecule has 1 aliphatic rings. The molecule has 4 aromatic rings. The Kier molecular flexibility index (Phi) is 5.13. The zero-order valence-electron chi connectivity index (χ0n) is 17.7. The van der Waals surface area contributed by atoms with E-state index < -0.39 is 6.04 Å². The van der Waals surface area contributed by atoms with Gasteiger partial charge in [0.2, 0.25) is 5.95 Å². The highest BCUT2D eigenvalue weighted by Crippen LogP contribution is 2.36. The molecule has 0 saturated carbocycles. The molecule has 0 spiro atoms. The van der Waals surface area contributed by atoms with Gasteiger partial charge in [0.05, 0.1) is 17.2 Å². The van der Waals surface area contributed by atoms with Crippen molar-refractivity contribution in [3.8, 4) is 17.5 Å². The molecule has 0 bridgehead atoms. The Morgan fingerprint density at radius 1 is 1.09 bits per heavy atom. The largest absolute Gasteiger partial charge is 0.328 e. The van der Waals surface area contributed by atoms with Crippen LogP contribution in [0, 0.1) is 11.3 Å². The van der Waals surface area contributed by atoms with E-state index >= 15 is 0 Å². The first-order valence-corrected chi connectivity index (χ1v) is 10.4. The third kappa shape index (κ3) is 3.83. The highest BCUT2D eigenvalue weighted by atomic mass is 16.1. The molecule has 160 valence electrons. The molecule has 2 aromatic carbocycles. The van der Waals surface area contributed by atoms with Crippen molar-refractivity contribution in [1.29, 1.82) is 5.26 Å². The van der Waals surface area contributed by atoms with Crippen molar-refractivity contribution in [2.45, 2.75) is 13.0 Å². The van der Waals surface area contributed by atoms with Gasteiger partial charge in [0, 0.05) is 29.3 Å². The number of nitrogens with zero attached hydrogens (tertiary/aromatic N) is 5. The Hall–Kier alpha value is -4.77. The molecule has 3 heterocycles. The number of allylic oxidation sites excluding steroid dienone is 1. The van der Waals surface area contributed by atoms with E-state index in [1.807, 2.05) is 61.5 Å². The second kappa shape index (κ2) is 8.40. The van der Waals surface area contributed by atoms with Gasteiger partial charge in [-0.1, -0.05) is 30.3 Å². The normalized spacial score (nSPS) is 14.7. The lowest BCUT2D eigenvalue weighted by molar-refractivity contribution is -0.113. The summed E-state index contributed by atoms with van der Waals surface area (Å²) in [5.41, 5.74) is 4.01. The maximum absolute atomic E-state index is 13.4. The molecule has 8 heteroatoms. The van der Waals surface area contributed by atoms with E-state index in [1.54, 1.807) is 29.2 Å². The molecule has 5 rings (SSSR count). The summed E-state index contributed by atoms with van der Waals surface area (Å²) >= 11 is 0. The first kappa shape index (κ1) is 20.2. The third-order valence-corrected chi connectivity index (χ3v) is 5.40. The number of amides is 1. The zero-order chi connectivity index (χ0) is 22.8. The van der Waals surface area contributed by atoms with Crippen LogP contribution in [0.5, 0.6) is 0 Å². The summed E-state index contributed by atoms with van der Waals surface area (Å²) in [5.74, 6) is 0.781. The van der Waals surface area contributed by atoms with E-state index in [4.69, 9.17) is 5.10 Å². The Morgan fingerprint density at radius 2 is 1.88 bits per heavy atom. The summed E-state index contributed by atoms with van der Waals surface area (Å²) in [5, 5.41) is 20.1. The molecule has 2 N–H and O–H groups in total. The number of pyridine rings is 1. The van der Waals surface area contributed by atoms with Gasteiger partial charge >= 0.3 is 0 Å². The maximum atomic E-state index is 13.4. The molecular formula is C25H19N7O. The van der Waals surface area contributed by atoms with Crippen molar-refractivity contribution in [2.75, 3.05) is 10.6 Å². The van der Waals surface area contributed by atoms with Crippen LogP contribution in [0.1, 0.15) is 24.1 Å².